The molecule has 1 aromatic carbocycles. The summed E-state index contributed by atoms with van der Waals surface area (Å²) < 4.78 is 14.4. The highest BCUT2D eigenvalue weighted by molar-refractivity contribution is 9.10. The zero-order chi connectivity index (χ0) is 13.3. The van der Waals surface area contributed by atoms with E-state index in [1.165, 1.54) is 6.07 Å². The number of aromatic nitrogens is 1. The van der Waals surface area contributed by atoms with E-state index in [0.717, 1.165) is 0 Å². The summed E-state index contributed by atoms with van der Waals surface area (Å²) in [6, 6.07) is 6.33. The van der Waals surface area contributed by atoms with Crippen molar-refractivity contribution in [3.05, 3.63) is 45.3 Å². The van der Waals surface area contributed by atoms with Gasteiger partial charge in [-0.2, -0.15) is 0 Å². The molecule has 1 aromatic heterocycles. The summed E-state index contributed by atoms with van der Waals surface area (Å²) in [7, 11) is 0. The largest absolute Gasteiger partial charge is 0.384 e. The molecule has 0 unspecified atom stereocenters. The number of benzene rings is 1. The van der Waals surface area contributed by atoms with E-state index in [9.17, 15) is 4.39 Å². The van der Waals surface area contributed by atoms with Crippen molar-refractivity contribution >= 4 is 44.7 Å². The lowest BCUT2D eigenvalue weighted by molar-refractivity contribution is 0.631. The zero-order valence-corrected chi connectivity index (χ0v) is 11.8. The van der Waals surface area contributed by atoms with Gasteiger partial charge in [-0.1, -0.05) is 27.5 Å². The van der Waals surface area contributed by atoms with Gasteiger partial charge in [0.15, 0.2) is 0 Å². The molecule has 94 valence electrons. The van der Waals surface area contributed by atoms with Gasteiger partial charge in [0.2, 0.25) is 0 Å². The van der Waals surface area contributed by atoms with Crippen molar-refractivity contribution < 1.29 is 4.39 Å². The van der Waals surface area contributed by atoms with Crippen LogP contribution in [0.25, 0.3) is 0 Å². The van der Waals surface area contributed by atoms with Gasteiger partial charge in [-0.05, 0) is 31.2 Å². The van der Waals surface area contributed by atoms with Crippen LogP contribution in [0.3, 0.4) is 0 Å². The number of rotatable bonds is 2. The first kappa shape index (κ1) is 13.1. The first-order valence-electron chi connectivity index (χ1n) is 5.12. The SMILES string of the molecule is Cc1nc(N)ccc1Nc1c(F)cc(Br)cc1Cl. The summed E-state index contributed by atoms with van der Waals surface area (Å²) >= 11 is 9.17. The highest BCUT2D eigenvalue weighted by atomic mass is 79.9. The van der Waals surface area contributed by atoms with Crippen LogP contribution in [0.5, 0.6) is 0 Å². The number of nitrogen functional groups attached to an aromatic ring is 1. The van der Waals surface area contributed by atoms with E-state index in [2.05, 4.69) is 26.2 Å². The van der Waals surface area contributed by atoms with E-state index in [0.29, 0.717) is 21.7 Å². The van der Waals surface area contributed by atoms with E-state index in [-0.39, 0.29) is 10.7 Å². The van der Waals surface area contributed by atoms with Gasteiger partial charge in [0, 0.05) is 4.47 Å². The smallest absolute Gasteiger partial charge is 0.149 e. The number of hydrogen-bond donors (Lipinski definition) is 2. The second kappa shape index (κ2) is 5.12. The van der Waals surface area contributed by atoms with E-state index in [1.54, 1.807) is 25.1 Å². The van der Waals surface area contributed by atoms with Crippen molar-refractivity contribution in [1.29, 1.82) is 0 Å². The third-order valence-corrected chi connectivity index (χ3v) is 3.13. The van der Waals surface area contributed by atoms with E-state index in [4.69, 9.17) is 17.3 Å². The Balaban J connectivity index is 2.40. The minimum atomic E-state index is -0.439. The topological polar surface area (TPSA) is 50.9 Å². The number of nitrogens with zero attached hydrogens (tertiary/aromatic N) is 1. The first-order valence-corrected chi connectivity index (χ1v) is 6.29. The van der Waals surface area contributed by atoms with E-state index < -0.39 is 5.82 Å². The number of halogens is 3. The molecule has 0 aliphatic rings. The van der Waals surface area contributed by atoms with Crippen LogP contribution in [0.4, 0.5) is 21.6 Å². The summed E-state index contributed by atoms with van der Waals surface area (Å²) in [5.74, 6) is -0.0222. The molecule has 0 atom stereocenters. The molecule has 18 heavy (non-hydrogen) atoms. The lowest BCUT2D eigenvalue weighted by atomic mass is 10.2. The average molecular weight is 331 g/mol. The fourth-order valence-electron chi connectivity index (χ4n) is 1.51. The molecule has 0 fully saturated rings. The number of aryl methyl sites for hydroxylation is 1. The maximum Gasteiger partial charge on any atom is 0.149 e. The Kier molecular flexibility index (Phi) is 3.73. The van der Waals surface area contributed by atoms with Gasteiger partial charge < -0.3 is 11.1 Å². The molecule has 0 radical (unpaired) electrons. The maximum absolute atomic E-state index is 13.8. The zero-order valence-electron chi connectivity index (χ0n) is 9.47. The van der Waals surface area contributed by atoms with Gasteiger partial charge in [0.25, 0.3) is 0 Å². The molecule has 0 aliphatic carbocycles. The van der Waals surface area contributed by atoms with Crippen LogP contribution in [-0.4, -0.2) is 4.98 Å². The molecule has 1 heterocycles. The van der Waals surface area contributed by atoms with Gasteiger partial charge in [-0.25, -0.2) is 9.37 Å². The molecule has 0 saturated heterocycles. The number of hydrogen-bond acceptors (Lipinski definition) is 3. The quantitative estimate of drug-likeness (QED) is 0.864. The summed E-state index contributed by atoms with van der Waals surface area (Å²) in [6.45, 7) is 1.78. The summed E-state index contributed by atoms with van der Waals surface area (Å²) in [5.41, 5.74) is 7.11. The molecular formula is C12H10BrClFN3. The molecule has 0 spiro atoms. The molecule has 3 nitrogen and oxygen atoms in total. The molecule has 3 N–H and O–H groups in total. The summed E-state index contributed by atoms with van der Waals surface area (Å²) in [5, 5.41) is 3.21. The van der Waals surface area contributed by atoms with Gasteiger partial charge >= 0.3 is 0 Å². The third-order valence-electron chi connectivity index (χ3n) is 2.37. The Hall–Kier alpha value is -1.33. The second-order valence-electron chi connectivity index (χ2n) is 3.74. The van der Waals surface area contributed by atoms with Crippen molar-refractivity contribution in [3.63, 3.8) is 0 Å². The van der Waals surface area contributed by atoms with Crippen LogP contribution in [0.15, 0.2) is 28.7 Å². The maximum atomic E-state index is 13.8. The van der Waals surface area contributed by atoms with Gasteiger partial charge in [-0.3, -0.25) is 0 Å². The Labute approximate surface area is 117 Å². The Bertz CT molecular complexity index is 581. The molecule has 0 amide bonds. The number of pyridine rings is 1. The average Bonchev–Trinajstić information content (AvgIpc) is 2.25. The lowest BCUT2D eigenvalue weighted by Crippen LogP contribution is -2.00. The predicted octanol–water partition coefficient (Wildman–Crippen LogP) is 4.27. The molecular weight excluding hydrogens is 321 g/mol. The molecule has 2 aromatic rings. The molecule has 2 rings (SSSR count). The lowest BCUT2D eigenvalue weighted by Gasteiger charge is -2.12. The fourth-order valence-corrected chi connectivity index (χ4v) is 2.33. The van der Waals surface area contributed by atoms with Crippen molar-refractivity contribution in [1.82, 2.24) is 4.98 Å². The van der Waals surface area contributed by atoms with Crippen LogP contribution in [0.1, 0.15) is 5.69 Å². The van der Waals surface area contributed by atoms with Crippen molar-refractivity contribution in [2.45, 2.75) is 6.92 Å². The Morgan fingerprint density at radius 2 is 2.11 bits per heavy atom. The monoisotopic (exact) mass is 329 g/mol. The van der Waals surface area contributed by atoms with Crippen molar-refractivity contribution in [2.75, 3.05) is 11.1 Å². The van der Waals surface area contributed by atoms with Crippen LogP contribution < -0.4 is 11.1 Å². The summed E-state index contributed by atoms with van der Waals surface area (Å²) in [4.78, 5) is 4.09. The molecule has 0 aliphatic heterocycles. The molecule has 6 heteroatoms. The van der Waals surface area contributed by atoms with Crippen LogP contribution >= 0.6 is 27.5 Å². The number of nitrogens with two attached hydrogens (primary N) is 1. The van der Waals surface area contributed by atoms with Crippen molar-refractivity contribution in [2.24, 2.45) is 0 Å². The molecule has 0 saturated carbocycles. The van der Waals surface area contributed by atoms with Crippen LogP contribution in [0.2, 0.25) is 5.02 Å². The van der Waals surface area contributed by atoms with E-state index in [1.807, 2.05) is 0 Å². The molecule has 0 bridgehead atoms. The highest BCUT2D eigenvalue weighted by Crippen LogP contribution is 2.32. The number of anilines is 3. The van der Waals surface area contributed by atoms with E-state index >= 15 is 0 Å². The Morgan fingerprint density at radius 3 is 2.72 bits per heavy atom. The van der Waals surface area contributed by atoms with Gasteiger partial charge in [0.05, 0.1) is 22.1 Å². The predicted molar refractivity (Wildman–Crippen MR) is 75.8 cm³/mol. The second-order valence-corrected chi connectivity index (χ2v) is 5.06. The standard InChI is InChI=1S/C12H10BrClFN3/c1-6-10(2-3-11(16)17-6)18-12-8(14)4-7(13)5-9(12)15/h2-5,18H,1H3,(H2,16,17). The van der Waals surface area contributed by atoms with Gasteiger partial charge in [-0.15, -0.1) is 0 Å². The van der Waals surface area contributed by atoms with Gasteiger partial charge in [0.1, 0.15) is 11.6 Å². The normalized spacial score (nSPS) is 10.4. The van der Waals surface area contributed by atoms with Crippen LogP contribution in [0, 0.1) is 12.7 Å². The van der Waals surface area contributed by atoms with Crippen molar-refractivity contribution in [3.8, 4) is 0 Å². The minimum Gasteiger partial charge on any atom is -0.384 e. The Morgan fingerprint density at radius 1 is 1.39 bits per heavy atom. The first-order chi connectivity index (χ1) is 8.47. The third kappa shape index (κ3) is 2.73. The number of nitrogens with one attached hydrogen (secondary N) is 1. The van der Waals surface area contributed by atoms with Crippen LogP contribution in [-0.2, 0) is 0 Å². The highest BCUT2D eigenvalue weighted by Gasteiger charge is 2.10. The minimum absolute atomic E-state index is 0.217. The summed E-state index contributed by atoms with van der Waals surface area (Å²) in [6.07, 6.45) is 0. The fraction of sp³-hybridized carbons (Fsp3) is 0.0833.